The lowest BCUT2D eigenvalue weighted by Gasteiger charge is -2.39. The Morgan fingerprint density at radius 3 is 2.79 bits per heavy atom. The van der Waals surface area contributed by atoms with E-state index in [2.05, 4.69) is 37.6 Å². The number of aromatic nitrogens is 2. The fourth-order valence-electron chi connectivity index (χ4n) is 6.17. The summed E-state index contributed by atoms with van der Waals surface area (Å²) in [6.45, 7) is 9.25. The number of rotatable bonds is 6. The van der Waals surface area contributed by atoms with E-state index in [4.69, 9.17) is 26.1 Å². The van der Waals surface area contributed by atoms with Crippen molar-refractivity contribution < 1.29 is 13.9 Å². The summed E-state index contributed by atoms with van der Waals surface area (Å²) in [5.41, 5.74) is 0.666. The minimum Gasteiger partial charge on any atom is -0.463 e. The van der Waals surface area contributed by atoms with Gasteiger partial charge in [-0.3, -0.25) is 4.90 Å². The Morgan fingerprint density at radius 1 is 1.26 bits per heavy atom. The molecule has 184 valence electrons. The summed E-state index contributed by atoms with van der Waals surface area (Å²) in [5.74, 6) is 0.924. The molecule has 2 saturated carbocycles. The van der Waals surface area contributed by atoms with Crippen molar-refractivity contribution in [1.29, 1.82) is 0 Å². The second-order valence-corrected chi connectivity index (χ2v) is 12.4. The summed E-state index contributed by atoms with van der Waals surface area (Å²) in [6.07, 6.45) is 5.98. The van der Waals surface area contributed by atoms with Crippen molar-refractivity contribution in [2.24, 2.45) is 16.7 Å². The summed E-state index contributed by atoms with van der Waals surface area (Å²) in [6, 6.07) is 2.04. The van der Waals surface area contributed by atoms with Crippen LogP contribution < -0.4 is 9.64 Å². The van der Waals surface area contributed by atoms with Gasteiger partial charge in [-0.05, 0) is 65.4 Å². The van der Waals surface area contributed by atoms with Gasteiger partial charge >= 0.3 is 6.01 Å². The third-order valence-corrected chi connectivity index (χ3v) is 9.50. The lowest BCUT2D eigenvalue weighted by molar-refractivity contribution is 0.0231. The van der Waals surface area contributed by atoms with Crippen LogP contribution in [0.25, 0.3) is 10.9 Å². The summed E-state index contributed by atoms with van der Waals surface area (Å²) < 4.78 is 27.2. The Labute approximate surface area is 213 Å². The maximum atomic E-state index is 15.3. The molecule has 0 radical (unpaired) electrons. The van der Waals surface area contributed by atoms with Gasteiger partial charge in [0.1, 0.15) is 11.3 Å². The van der Waals surface area contributed by atoms with Crippen LogP contribution >= 0.6 is 27.5 Å². The molecule has 4 aliphatic rings. The van der Waals surface area contributed by atoms with E-state index in [0.717, 1.165) is 64.6 Å². The molecular formula is C25H31BrClFN4O2. The summed E-state index contributed by atoms with van der Waals surface area (Å²) in [4.78, 5) is 14.1. The quantitative estimate of drug-likeness (QED) is 0.453. The molecule has 2 saturated heterocycles. The molecule has 2 aliphatic carbocycles. The third-order valence-electron chi connectivity index (χ3n) is 8.20. The van der Waals surface area contributed by atoms with Gasteiger partial charge in [0, 0.05) is 43.5 Å². The SMILES string of the molecule is C[C@@]12CC[C@H](CN(c3nc(OCC4(CN5CCOCC5)CC4)nc4c(F)c(Br)c(Cl)cc34)C1)C2. The second-order valence-electron chi connectivity index (χ2n) is 11.2. The number of morpholine rings is 1. The van der Waals surface area contributed by atoms with E-state index in [1.807, 2.05) is 0 Å². The van der Waals surface area contributed by atoms with Crippen molar-refractivity contribution in [1.82, 2.24) is 14.9 Å². The lowest BCUT2D eigenvalue weighted by atomic mass is 9.84. The van der Waals surface area contributed by atoms with Gasteiger partial charge in [-0.1, -0.05) is 18.5 Å². The molecule has 0 amide bonds. The van der Waals surface area contributed by atoms with Crippen molar-refractivity contribution in [2.45, 2.75) is 39.0 Å². The molecule has 6 nitrogen and oxygen atoms in total. The second kappa shape index (κ2) is 8.71. The van der Waals surface area contributed by atoms with Crippen LogP contribution in [-0.2, 0) is 4.74 Å². The van der Waals surface area contributed by atoms with Crippen molar-refractivity contribution in [3.05, 3.63) is 21.4 Å². The van der Waals surface area contributed by atoms with Crippen molar-refractivity contribution >= 4 is 44.3 Å². The van der Waals surface area contributed by atoms with Crippen LogP contribution in [0.4, 0.5) is 10.2 Å². The Bertz CT molecular complexity index is 1110. The fraction of sp³-hybridized carbons (Fsp3) is 0.680. The molecule has 0 unspecified atom stereocenters. The van der Waals surface area contributed by atoms with Crippen LogP contribution in [0, 0.1) is 22.6 Å². The average molecular weight is 554 g/mol. The van der Waals surface area contributed by atoms with Crippen LogP contribution in [0.3, 0.4) is 0 Å². The third kappa shape index (κ3) is 4.40. The number of piperidine rings is 1. The van der Waals surface area contributed by atoms with Gasteiger partial charge in [-0.2, -0.15) is 9.97 Å². The van der Waals surface area contributed by atoms with E-state index in [1.54, 1.807) is 6.07 Å². The summed E-state index contributed by atoms with van der Waals surface area (Å²) >= 11 is 9.64. The molecule has 1 aromatic carbocycles. The number of hydrogen-bond acceptors (Lipinski definition) is 6. The number of nitrogens with zero attached hydrogens (tertiary/aromatic N) is 4. The van der Waals surface area contributed by atoms with Gasteiger partial charge in [0.2, 0.25) is 0 Å². The van der Waals surface area contributed by atoms with E-state index in [-0.39, 0.29) is 26.8 Å². The highest BCUT2D eigenvalue weighted by Gasteiger charge is 2.46. The molecule has 2 aliphatic heterocycles. The average Bonchev–Trinajstić information content (AvgIpc) is 3.53. The Hall–Kier alpha value is -1.22. The maximum absolute atomic E-state index is 15.3. The first-order valence-corrected chi connectivity index (χ1v) is 13.5. The zero-order valence-corrected chi connectivity index (χ0v) is 21.9. The van der Waals surface area contributed by atoms with Gasteiger partial charge in [-0.15, -0.1) is 0 Å². The van der Waals surface area contributed by atoms with E-state index in [9.17, 15) is 0 Å². The van der Waals surface area contributed by atoms with Crippen LogP contribution in [-0.4, -0.2) is 67.4 Å². The number of halogens is 3. The largest absolute Gasteiger partial charge is 0.463 e. The van der Waals surface area contributed by atoms with Crippen molar-refractivity contribution in [3.63, 3.8) is 0 Å². The highest BCUT2D eigenvalue weighted by atomic mass is 79.9. The number of fused-ring (bicyclic) bond motifs is 3. The van der Waals surface area contributed by atoms with Gasteiger partial charge in [0.05, 0.1) is 29.3 Å². The smallest absolute Gasteiger partial charge is 0.319 e. The highest BCUT2D eigenvalue weighted by molar-refractivity contribution is 9.10. The highest BCUT2D eigenvalue weighted by Crippen LogP contribution is 2.49. The molecule has 0 N–H and O–H groups in total. The van der Waals surface area contributed by atoms with Gasteiger partial charge in [0.15, 0.2) is 5.82 Å². The predicted molar refractivity (Wildman–Crippen MR) is 134 cm³/mol. The zero-order valence-electron chi connectivity index (χ0n) is 19.6. The molecule has 2 aromatic rings. The van der Waals surface area contributed by atoms with E-state index < -0.39 is 5.82 Å². The minimum atomic E-state index is -0.461. The first-order chi connectivity index (χ1) is 16.3. The van der Waals surface area contributed by atoms with Crippen LogP contribution in [0.5, 0.6) is 6.01 Å². The van der Waals surface area contributed by atoms with E-state index in [1.165, 1.54) is 19.3 Å². The topological polar surface area (TPSA) is 50.7 Å². The Balaban J connectivity index is 1.30. The van der Waals surface area contributed by atoms with Crippen molar-refractivity contribution in [2.75, 3.05) is 57.4 Å². The monoisotopic (exact) mass is 552 g/mol. The first-order valence-electron chi connectivity index (χ1n) is 12.4. The molecular weight excluding hydrogens is 523 g/mol. The summed E-state index contributed by atoms with van der Waals surface area (Å²) in [7, 11) is 0. The Morgan fingerprint density at radius 2 is 2.06 bits per heavy atom. The Kier molecular flexibility index (Phi) is 5.94. The molecule has 9 heteroatoms. The molecule has 3 heterocycles. The van der Waals surface area contributed by atoms with Gasteiger partial charge < -0.3 is 14.4 Å². The lowest BCUT2D eigenvalue weighted by Crippen LogP contribution is -2.42. The molecule has 2 bridgehead atoms. The molecule has 0 spiro atoms. The van der Waals surface area contributed by atoms with Crippen molar-refractivity contribution in [3.8, 4) is 6.01 Å². The number of hydrogen-bond donors (Lipinski definition) is 0. The molecule has 6 rings (SSSR count). The molecule has 1 aromatic heterocycles. The van der Waals surface area contributed by atoms with Gasteiger partial charge in [0.25, 0.3) is 0 Å². The predicted octanol–water partition coefficient (Wildman–Crippen LogP) is 5.30. The van der Waals surface area contributed by atoms with E-state index >= 15 is 4.39 Å². The molecule has 4 fully saturated rings. The fourth-order valence-corrected chi connectivity index (χ4v) is 6.66. The number of anilines is 1. The first kappa shape index (κ1) is 23.2. The van der Waals surface area contributed by atoms with E-state index in [0.29, 0.717) is 22.9 Å². The maximum Gasteiger partial charge on any atom is 0.319 e. The van der Waals surface area contributed by atoms with Crippen LogP contribution in [0.1, 0.15) is 39.0 Å². The number of benzene rings is 1. The minimum absolute atomic E-state index is 0.132. The summed E-state index contributed by atoms with van der Waals surface area (Å²) in [5, 5.41) is 0.981. The molecule has 34 heavy (non-hydrogen) atoms. The zero-order chi connectivity index (χ0) is 23.5. The molecule has 2 atom stereocenters. The van der Waals surface area contributed by atoms with Gasteiger partial charge in [-0.25, -0.2) is 4.39 Å². The standard InChI is InChI=1S/C25H31BrClFN4O2/c1-24-3-2-16(11-24)12-32(13-24)22-17-10-18(27)19(26)20(28)21(17)29-23(30-22)34-15-25(4-5-25)14-31-6-8-33-9-7-31/h10,16H,2-9,11-15H2,1H3/t16-,24-/m0/s1. The van der Waals surface area contributed by atoms with Crippen LogP contribution in [0.15, 0.2) is 10.5 Å². The number of ether oxygens (including phenoxy) is 2. The normalized spacial score (nSPS) is 28.5. The van der Waals surface area contributed by atoms with Crippen LogP contribution in [0.2, 0.25) is 5.02 Å².